The molecule has 1 aliphatic rings. The summed E-state index contributed by atoms with van der Waals surface area (Å²) in [5.41, 5.74) is -1.08. The molecule has 0 unspecified atom stereocenters. The zero-order valence-corrected chi connectivity index (χ0v) is 15.9. The SMILES string of the molecule is C=Cc1c(NC(=O)O)nn2c(O)c(C(=O)NC3CC3)c(=O)n(CC(C)(C)C)c12. The van der Waals surface area contributed by atoms with E-state index in [1.807, 2.05) is 20.8 Å². The van der Waals surface area contributed by atoms with Crippen LogP contribution in [-0.2, 0) is 6.54 Å². The highest BCUT2D eigenvalue weighted by Gasteiger charge is 2.31. The highest BCUT2D eigenvalue weighted by atomic mass is 16.4. The van der Waals surface area contributed by atoms with Crippen molar-refractivity contribution in [2.24, 2.45) is 5.41 Å². The number of nitrogens with zero attached hydrogens (tertiary/aromatic N) is 3. The lowest BCUT2D eigenvalue weighted by atomic mass is 9.96. The van der Waals surface area contributed by atoms with Crippen molar-refractivity contribution in [3.63, 3.8) is 0 Å². The molecule has 0 spiro atoms. The van der Waals surface area contributed by atoms with E-state index in [9.17, 15) is 19.5 Å². The summed E-state index contributed by atoms with van der Waals surface area (Å²) in [6, 6.07) is -0.0105. The summed E-state index contributed by atoms with van der Waals surface area (Å²) < 4.78 is 2.32. The molecule has 1 fully saturated rings. The number of aromatic hydroxyl groups is 1. The Bertz CT molecular complexity index is 1040. The van der Waals surface area contributed by atoms with E-state index in [4.69, 9.17) is 5.11 Å². The zero-order valence-electron chi connectivity index (χ0n) is 15.9. The van der Waals surface area contributed by atoms with E-state index in [-0.39, 0.29) is 35.0 Å². The molecule has 0 atom stereocenters. The molecule has 2 heterocycles. The third-order valence-corrected chi connectivity index (χ3v) is 4.24. The number of carbonyl (C=O) groups is 2. The number of hydrogen-bond donors (Lipinski definition) is 4. The van der Waals surface area contributed by atoms with Gasteiger partial charge < -0.3 is 15.5 Å². The third-order valence-electron chi connectivity index (χ3n) is 4.24. The Balaban J connectivity index is 2.34. The van der Waals surface area contributed by atoms with Crippen LogP contribution in [0.15, 0.2) is 11.4 Å². The van der Waals surface area contributed by atoms with E-state index in [2.05, 4.69) is 22.3 Å². The summed E-state index contributed by atoms with van der Waals surface area (Å²) in [6.07, 6.45) is 1.62. The maximum Gasteiger partial charge on any atom is 0.410 e. The standard InChI is InChI=1S/C18H23N5O5/c1-5-10-12(20-17(27)28)21-23-14(10)22(8-18(2,3)4)15(25)11(16(23)26)13(24)19-9-6-7-9/h5,9,26H,1,6-8H2,2-4H3,(H,19,24)(H,20,21)(H,27,28). The first-order valence-electron chi connectivity index (χ1n) is 8.85. The van der Waals surface area contributed by atoms with E-state index in [1.54, 1.807) is 0 Å². The molecule has 0 aromatic carbocycles. The monoisotopic (exact) mass is 389 g/mol. The number of fused-ring (bicyclic) bond motifs is 1. The summed E-state index contributed by atoms with van der Waals surface area (Å²) in [6.45, 7) is 9.60. The summed E-state index contributed by atoms with van der Waals surface area (Å²) in [4.78, 5) is 36.8. The minimum Gasteiger partial charge on any atom is -0.492 e. The Labute approximate surface area is 160 Å². The van der Waals surface area contributed by atoms with Crippen molar-refractivity contribution < 1.29 is 19.8 Å². The van der Waals surface area contributed by atoms with Gasteiger partial charge in [-0.15, -0.1) is 5.10 Å². The first kappa shape index (κ1) is 19.5. The van der Waals surface area contributed by atoms with Gasteiger partial charge in [0.1, 0.15) is 0 Å². The predicted octanol–water partition coefficient (Wildman–Crippen LogP) is 1.87. The van der Waals surface area contributed by atoms with Gasteiger partial charge in [-0.25, -0.2) is 4.79 Å². The quantitative estimate of drug-likeness (QED) is 0.616. The topological polar surface area (TPSA) is 138 Å². The highest BCUT2D eigenvalue weighted by Crippen LogP contribution is 2.28. The largest absolute Gasteiger partial charge is 0.492 e. The number of anilines is 1. The molecule has 28 heavy (non-hydrogen) atoms. The number of rotatable bonds is 5. The van der Waals surface area contributed by atoms with Gasteiger partial charge in [-0.05, 0) is 18.3 Å². The van der Waals surface area contributed by atoms with Crippen LogP contribution in [0, 0.1) is 5.41 Å². The Kier molecular flexibility index (Phi) is 4.66. The Morgan fingerprint density at radius 2 is 2.00 bits per heavy atom. The van der Waals surface area contributed by atoms with E-state index < -0.39 is 29.0 Å². The third kappa shape index (κ3) is 3.57. The minimum atomic E-state index is -1.36. The molecule has 2 amide bonds. The van der Waals surface area contributed by atoms with Gasteiger partial charge in [-0.2, -0.15) is 4.52 Å². The van der Waals surface area contributed by atoms with Crippen LogP contribution >= 0.6 is 0 Å². The molecule has 1 saturated carbocycles. The summed E-state index contributed by atoms with van der Waals surface area (Å²) in [5.74, 6) is -1.43. The van der Waals surface area contributed by atoms with Gasteiger partial charge in [-0.3, -0.25) is 19.5 Å². The lowest BCUT2D eigenvalue weighted by Crippen LogP contribution is -2.37. The lowest BCUT2D eigenvalue weighted by Gasteiger charge is -2.22. The highest BCUT2D eigenvalue weighted by molar-refractivity contribution is 5.97. The molecule has 10 heteroatoms. The molecule has 2 aromatic rings. The van der Waals surface area contributed by atoms with Crippen LogP contribution < -0.4 is 16.2 Å². The van der Waals surface area contributed by atoms with Crippen molar-refractivity contribution in [3.8, 4) is 5.88 Å². The smallest absolute Gasteiger partial charge is 0.410 e. The fourth-order valence-corrected chi connectivity index (χ4v) is 2.95. The van der Waals surface area contributed by atoms with Crippen molar-refractivity contribution in [2.75, 3.05) is 5.32 Å². The second-order valence-corrected chi connectivity index (χ2v) is 8.03. The number of hydrogen-bond acceptors (Lipinski definition) is 5. The van der Waals surface area contributed by atoms with Crippen molar-refractivity contribution in [1.29, 1.82) is 0 Å². The van der Waals surface area contributed by atoms with Crippen LogP contribution in [-0.4, -0.2) is 42.4 Å². The minimum absolute atomic E-state index is 0.0105. The second kappa shape index (κ2) is 6.70. The van der Waals surface area contributed by atoms with E-state index >= 15 is 0 Å². The van der Waals surface area contributed by atoms with Crippen molar-refractivity contribution >= 4 is 29.5 Å². The molecule has 2 aromatic heterocycles. The van der Waals surface area contributed by atoms with Crippen LogP contribution in [0.2, 0.25) is 0 Å². The normalized spacial score (nSPS) is 14.1. The van der Waals surface area contributed by atoms with Gasteiger partial charge in [0.15, 0.2) is 17.0 Å². The van der Waals surface area contributed by atoms with Gasteiger partial charge in [0.25, 0.3) is 11.5 Å². The summed E-state index contributed by atoms with van der Waals surface area (Å²) in [5, 5.41) is 28.6. The molecule has 0 bridgehead atoms. The van der Waals surface area contributed by atoms with Gasteiger partial charge in [0, 0.05) is 12.6 Å². The molecular formula is C18H23N5O5. The van der Waals surface area contributed by atoms with E-state index in [0.717, 1.165) is 17.4 Å². The molecule has 0 aliphatic heterocycles. The Morgan fingerprint density at radius 1 is 1.36 bits per heavy atom. The number of amides is 2. The van der Waals surface area contributed by atoms with Crippen molar-refractivity contribution in [1.82, 2.24) is 19.5 Å². The predicted molar refractivity (Wildman–Crippen MR) is 103 cm³/mol. The molecule has 150 valence electrons. The Hall–Kier alpha value is -3.30. The average Bonchev–Trinajstić information content (AvgIpc) is 3.29. The van der Waals surface area contributed by atoms with Crippen LogP contribution in [0.5, 0.6) is 5.88 Å². The summed E-state index contributed by atoms with van der Waals surface area (Å²) in [7, 11) is 0. The van der Waals surface area contributed by atoms with Gasteiger partial charge in [0.2, 0.25) is 5.88 Å². The maximum absolute atomic E-state index is 13.2. The first-order valence-corrected chi connectivity index (χ1v) is 8.85. The first-order chi connectivity index (χ1) is 13.0. The van der Waals surface area contributed by atoms with Gasteiger partial charge >= 0.3 is 6.09 Å². The van der Waals surface area contributed by atoms with Crippen LogP contribution in [0.4, 0.5) is 10.6 Å². The molecule has 4 N–H and O–H groups in total. The molecule has 1 aliphatic carbocycles. The number of carboxylic acid groups (broad SMARTS) is 1. The van der Waals surface area contributed by atoms with Crippen LogP contribution in [0.1, 0.15) is 49.5 Å². The number of carbonyl (C=O) groups excluding carboxylic acids is 1. The van der Waals surface area contributed by atoms with E-state index in [0.29, 0.717) is 0 Å². The zero-order chi connectivity index (χ0) is 20.8. The maximum atomic E-state index is 13.2. The fraction of sp³-hybridized carbons (Fsp3) is 0.444. The van der Waals surface area contributed by atoms with Crippen LogP contribution in [0.25, 0.3) is 11.7 Å². The molecule has 0 radical (unpaired) electrons. The molecule has 10 nitrogen and oxygen atoms in total. The lowest BCUT2D eigenvalue weighted by molar-refractivity contribution is 0.0944. The van der Waals surface area contributed by atoms with Crippen LogP contribution in [0.3, 0.4) is 0 Å². The fourth-order valence-electron chi connectivity index (χ4n) is 2.95. The molecule has 0 saturated heterocycles. The molecular weight excluding hydrogens is 366 g/mol. The van der Waals surface area contributed by atoms with E-state index in [1.165, 1.54) is 10.6 Å². The van der Waals surface area contributed by atoms with Gasteiger partial charge in [-0.1, -0.05) is 33.4 Å². The Morgan fingerprint density at radius 3 is 2.50 bits per heavy atom. The molecule has 3 rings (SSSR count). The van der Waals surface area contributed by atoms with Gasteiger partial charge in [0.05, 0.1) is 5.56 Å². The number of aromatic nitrogens is 3. The van der Waals surface area contributed by atoms with Crippen molar-refractivity contribution in [3.05, 3.63) is 28.1 Å². The second-order valence-electron chi connectivity index (χ2n) is 8.03. The number of nitrogens with one attached hydrogen (secondary N) is 2. The average molecular weight is 389 g/mol. The summed E-state index contributed by atoms with van der Waals surface area (Å²) >= 11 is 0. The van der Waals surface area contributed by atoms with Crippen molar-refractivity contribution in [2.45, 2.75) is 46.2 Å².